The molecule has 0 aromatic heterocycles. The summed E-state index contributed by atoms with van der Waals surface area (Å²) in [6.07, 6.45) is -0.418. The van der Waals surface area contributed by atoms with E-state index in [1.54, 1.807) is 27.7 Å². The second kappa shape index (κ2) is 4.21. The molecule has 1 aliphatic heterocycles. The Morgan fingerprint density at radius 1 is 1.44 bits per heavy atom. The molecule has 1 aliphatic rings. The summed E-state index contributed by atoms with van der Waals surface area (Å²) in [5.74, 6) is 0. The SMILES string of the molecule is C[C@@H]1CCOS(=O)(=O)N1C(=O)OC(C)(C)C. The Morgan fingerprint density at radius 2 is 2.00 bits per heavy atom. The van der Waals surface area contributed by atoms with Crippen LogP contribution in [-0.2, 0) is 19.2 Å². The highest BCUT2D eigenvalue weighted by atomic mass is 32.2. The number of carbonyl (C=O) groups excluding carboxylic acids is 1. The highest BCUT2D eigenvalue weighted by Gasteiger charge is 2.39. The molecule has 1 saturated heterocycles. The molecule has 0 unspecified atom stereocenters. The lowest BCUT2D eigenvalue weighted by molar-refractivity contribution is 0.0272. The van der Waals surface area contributed by atoms with Crippen LogP contribution in [-0.4, -0.2) is 37.1 Å². The Balaban J connectivity index is 2.88. The summed E-state index contributed by atoms with van der Waals surface area (Å²) >= 11 is 0. The van der Waals surface area contributed by atoms with Gasteiger partial charge in [0.2, 0.25) is 0 Å². The van der Waals surface area contributed by atoms with Crippen LogP contribution in [0.1, 0.15) is 34.1 Å². The molecule has 0 N–H and O–H groups in total. The van der Waals surface area contributed by atoms with Crippen molar-refractivity contribution in [2.24, 2.45) is 0 Å². The minimum absolute atomic E-state index is 0.1000. The van der Waals surface area contributed by atoms with Crippen molar-refractivity contribution in [2.45, 2.75) is 45.8 Å². The molecule has 6 nitrogen and oxygen atoms in total. The van der Waals surface area contributed by atoms with E-state index in [0.29, 0.717) is 10.7 Å². The number of ether oxygens (including phenoxy) is 1. The molecular weight excluding hydrogens is 234 g/mol. The third kappa shape index (κ3) is 3.08. The summed E-state index contributed by atoms with van der Waals surface area (Å²) in [5, 5.41) is 0. The number of carbonyl (C=O) groups is 1. The summed E-state index contributed by atoms with van der Waals surface area (Å²) in [7, 11) is -3.99. The third-order valence-corrected chi connectivity index (χ3v) is 3.44. The Kier molecular flexibility index (Phi) is 3.49. The van der Waals surface area contributed by atoms with Gasteiger partial charge in [0.1, 0.15) is 5.60 Å². The van der Waals surface area contributed by atoms with Crippen molar-refractivity contribution < 1.29 is 22.1 Å². The second-order valence-corrected chi connectivity index (χ2v) is 6.18. The van der Waals surface area contributed by atoms with Gasteiger partial charge < -0.3 is 4.74 Å². The average molecular weight is 251 g/mol. The molecule has 0 spiro atoms. The van der Waals surface area contributed by atoms with Gasteiger partial charge in [-0.25, -0.2) is 4.79 Å². The Labute approximate surface area is 95.8 Å². The minimum atomic E-state index is -3.99. The fourth-order valence-electron chi connectivity index (χ4n) is 1.30. The monoisotopic (exact) mass is 251 g/mol. The Bertz CT molecular complexity index is 370. The van der Waals surface area contributed by atoms with Gasteiger partial charge >= 0.3 is 16.4 Å². The second-order valence-electron chi connectivity index (χ2n) is 4.69. The first kappa shape index (κ1) is 13.2. The zero-order valence-corrected chi connectivity index (χ0v) is 10.7. The van der Waals surface area contributed by atoms with Crippen LogP contribution in [0.3, 0.4) is 0 Å². The molecule has 7 heteroatoms. The van der Waals surface area contributed by atoms with Gasteiger partial charge in [0.05, 0.1) is 12.6 Å². The maximum atomic E-state index is 11.7. The lowest BCUT2D eigenvalue weighted by atomic mass is 10.2. The largest absolute Gasteiger partial charge is 0.443 e. The number of hydrogen-bond donors (Lipinski definition) is 0. The highest BCUT2D eigenvalue weighted by molar-refractivity contribution is 7.84. The van der Waals surface area contributed by atoms with Crippen LogP contribution in [0.4, 0.5) is 4.79 Å². The maximum absolute atomic E-state index is 11.7. The van der Waals surface area contributed by atoms with Gasteiger partial charge in [-0.1, -0.05) is 0 Å². The van der Waals surface area contributed by atoms with E-state index >= 15 is 0 Å². The first-order valence-corrected chi connectivity index (χ1v) is 6.42. The molecule has 1 fully saturated rings. The number of amides is 1. The lowest BCUT2D eigenvalue weighted by Gasteiger charge is -2.33. The molecule has 94 valence electrons. The molecule has 0 saturated carbocycles. The van der Waals surface area contributed by atoms with Crippen molar-refractivity contribution in [1.82, 2.24) is 4.31 Å². The van der Waals surface area contributed by atoms with E-state index in [4.69, 9.17) is 4.74 Å². The van der Waals surface area contributed by atoms with Crippen molar-refractivity contribution in [2.75, 3.05) is 6.61 Å². The van der Waals surface area contributed by atoms with Gasteiger partial charge in [-0.15, -0.1) is 0 Å². The molecule has 1 amide bonds. The van der Waals surface area contributed by atoms with E-state index in [0.717, 1.165) is 0 Å². The third-order valence-electron chi connectivity index (χ3n) is 1.98. The van der Waals surface area contributed by atoms with E-state index in [2.05, 4.69) is 4.18 Å². The Morgan fingerprint density at radius 3 is 2.44 bits per heavy atom. The fraction of sp³-hybridized carbons (Fsp3) is 0.889. The zero-order valence-electron chi connectivity index (χ0n) is 9.89. The van der Waals surface area contributed by atoms with Crippen LogP contribution in [0, 0.1) is 0 Å². The predicted molar refractivity (Wildman–Crippen MR) is 57.0 cm³/mol. The van der Waals surface area contributed by atoms with Gasteiger partial charge in [-0.2, -0.15) is 12.7 Å². The van der Waals surface area contributed by atoms with Crippen molar-refractivity contribution in [3.8, 4) is 0 Å². The Hall–Kier alpha value is -0.820. The molecule has 0 aliphatic carbocycles. The van der Waals surface area contributed by atoms with E-state index in [1.807, 2.05) is 0 Å². The van der Waals surface area contributed by atoms with Crippen molar-refractivity contribution in [3.63, 3.8) is 0 Å². The summed E-state index contributed by atoms with van der Waals surface area (Å²) in [6.45, 7) is 6.76. The van der Waals surface area contributed by atoms with Gasteiger partial charge in [-0.3, -0.25) is 4.18 Å². The molecule has 16 heavy (non-hydrogen) atoms. The van der Waals surface area contributed by atoms with Crippen molar-refractivity contribution in [3.05, 3.63) is 0 Å². The molecule has 0 radical (unpaired) electrons. The summed E-state index contributed by atoms with van der Waals surface area (Å²) in [6, 6.07) is -0.436. The van der Waals surface area contributed by atoms with E-state index < -0.39 is 28.0 Å². The standard InChI is InChI=1S/C9H17NO5S/c1-7-5-6-14-16(12,13)10(7)8(11)15-9(2,3)4/h7H,5-6H2,1-4H3/t7-/m1/s1. The van der Waals surface area contributed by atoms with Crippen LogP contribution >= 0.6 is 0 Å². The first-order valence-electron chi connectivity index (χ1n) is 5.05. The van der Waals surface area contributed by atoms with Gasteiger partial charge in [-0.05, 0) is 34.1 Å². The zero-order chi connectivity index (χ0) is 12.6. The van der Waals surface area contributed by atoms with E-state index in [9.17, 15) is 13.2 Å². The number of rotatable bonds is 0. The topological polar surface area (TPSA) is 72.9 Å². The highest BCUT2D eigenvalue weighted by Crippen LogP contribution is 2.21. The molecule has 0 bridgehead atoms. The molecular formula is C9H17NO5S. The molecule has 1 heterocycles. The average Bonchev–Trinajstić information content (AvgIpc) is 1.97. The quantitative estimate of drug-likeness (QED) is 0.648. The van der Waals surface area contributed by atoms with Crippen LogP contribution < -0.4 is 0 Å². The van der Waals surface area contributed by atoms with Crippen LogP contribution in [0.2, 0.25) is 0 Å². The summed E-state index contributed by atoms with van der Waals surface area (Å²) in [4.78, 5) is 11.7. The smallest absolute Gasteiger partial charge is 0.426 e. The number of nitrogens with zero attached hydrogens (tertiary/aromatic N) is 1. The first-order chi connectivity index (χ1) is 7.13. The van der Waals surface area contributed by atoms with Gasteiger partial charge in [0.25, 0.3) is 0 Å². The van der Waals surface area contributed by atoms with Crippen molar-refractivity contribution in [1.29, 1.82) is 0 Å². The van der Waals surface area contributed by atoms with Crippen molar-refractivity contribution >= 4 is 16.4 Å². The van der Waals surface area contributed by atoms with E-state index in [1.165, 1.54) is 0 Å². The molecule has 1 rings (SSSR count). The molecule has 1 atom stereocenters. The maximum Gasteiger partial charge on any atom is 0.426 e. The van der Waals surface area contributed by atoms with Crippen LogP contribution in [0.15, 0.2) is 0 Å². The molecule has 0 aromatic rings. The van der Waals surface area contributed by atoms with E-state index in [-0.39, 0.29) is 6.61 Å². The van der Waals surface area contributed by atoms with Gasteiger partial charge in [0, 0.05) is 0 Å². The summed E-state index contributed by atoms with van der Waals surface area (Å²) < 4.78 is 33.3. The molecule has 0 aromatic carbocycles. The van der Waals surface area contributed by atoms with Gasteiger partial charge in [0.15, 0.2) is 0 Å². The van der Waals surface area contributed by atoms with Crippen LogP contribution in [0.25, 0.3) is 0 Å². The minimum Gasteiger partial charge on any atom is -0.443 e. The summed E-state index contributed by atoms with van der Waals surface area (Å²) in [5.41, 5.74) is -0.732. The lowest BCUT2D eigenvalue weighted by Crippen LogP contribution is -2.49. The normalized spacial score (nSPS) is 25.2. The number of hydrogen-bond acceptors (Lipinski definition) is 5. The predicted octanol–water partition coefficient (Wildman–Crippen LogP) is 1.28. The van der Waals surface area contributed by atoms with Crippen LogP contribution in [0.5, 0.6) is 0 Å². The fourth-order valence-corrected chi connectivity index (χ4v) is 2.48.